The molecule has 0 fully saturated rings. The summed E-state index contributed by atoms with van der Waals surface area (Å²) in [7, 11) is 0. The van der Waals surface area contributed by atoms with E-state index in [0.717, 1.165) is 5.56 Å². The Morgan fingerprint density at radius 2 is 1.81 bits per heavy atom. The van der Waals surface area contributed by atoms with Crippen LogP contribution >= 0.6 is 0 Å². The lowest BCUT2D eigenvalue weighted by atomic mass is 9.84. The Kier molecular flexibility index (Phi) is 2.95. The van der Waals surface area contributed by atoms with Crippen LogP contribution in [0.4, 0.5) is 0 Å². The first kappa shape index (κ1) is 10.7. The summed E-state index contributed by atoms with van der Waals surface area (Å²) in [5.41, 5.74) is 3.56. The Bertz CT molecular complexity index is 459. The number of benzene rings is 1. The second-order valence-corrected chi connectivity index (χ2v) is 4.25. The van der Waals surface area contributed by atoms with Gasteiger partial charge in [-0.1, -0.05) is 48.1 Å². The average molecular weight is 212 g/mol. The Hall–Kier alpha value is -1.76. The minimum absolute atomic E-state index is 0.00352. The molecular weight excluding hydrogens is 196 g/mol. The van der Waals surface area contributed by atoms with Crippen LogP contribution in [-0.4, -0.2) is 5.11 Å². The molecule has 0 amide bonds. The van der Waals surface area contributed by atoms with Crippen LogP contribution in [0.3, 0.4) is 0 Å². The molecule has 0 spiro atoms. The standard InChI is InChI=1S/C15H16O/c1-11(2)13-9-6-10-14(16)15(13)12-7-4-3-5-8-12/h3-10,15-16H,1-2H3. The Morgan fingerprint density at radius 1 is 1.12 bits per heavy atom. The van der Waals surface area contributed by atoms with Crippen molar-refractivity contribution >= 4 is 0 Å². The van der Waals surface area contributed by atoms with Crippen LogP contribution in [0.15, 0.2) is 65.5 Å². The fourth-order valence-electron chi connectivity index (χ4n) is 2.05. The zero-order valence-electron chi connectivity index (χ0n) is 9.64. The van der Waals surface area contributed by atoms with Crippen LogP contribution in [0, 0.1) is 0 Å². The minimum atomic E-state index is -0.00352. The monoisotopic (exact) mass is 212 g/mol. The highest BCUT2D eigenvalue weighted by atomic mass is 16.3. The lowest BCUT2D eigenvalue weighted by molar-refractivity contribution is 0.379. The van der Waals surface area contributed by atoms with Gasteiger partial charge in [0.2, 0.25) is 0 Å². The van der Waals surface area contributed by atoms with E-state index in [-0.39, 0.29) is 5.92 Å². The summed E-state index contributed by atoms with van der Waals surface area (Å²) in [6, 6.07) is 10.1. The Labute approximate surface area is 96.4 Å². The molecule has 0 aromatic heterocycles. The Balaban J connectivity index is 2.49. The van der Waals surface area contributed by atoms with E-state index < -0.39 is 0 Å². The van der Waals surface area contributed by atoms with Crippen molar-refractivity contribution in [2.75, 3.05) is 0 Å². The Morgan fingerprint density at radius 3 is 2.44 bits per heavy atom. The highest BCUT2D eigenvalue weighted by molar-refractivity contribution is 5.47. The summed E-state index contributed by atoms with van der Waals surface area (Å²) in [4.78, 5) is 0. The smallest absolute Gasteiger partial charge is 0.104 e. The molecule has 0 aliphatic heterocycles. The van der Waals surface area contributed by atoms with Crippen LogP contribution in [0.5, 0.6) is 0 Å². The largest absolute Gasteiger partial charge is 0.511 e. The number of rotatable bonds is 1. The van der Waals surface area contributed by atoms with E-state index in [1.807, 2.05) is 24.3 Å². The second kappa shape index (κ2) is 4.40. The molecule has 1 aliphatic carbocycles. The molecular formula is C15H16O. The molecule has 0 bridgehead atoms. The minimum Gasteiger partial charge on any atom is -0.511 e. The molecule has 1 N–H and O–H groups in total. The first-order valence-electron chi connectivity index (χ1n) is 5.49. The van der Waals surface area contributed by atoms with Gasteiger partial charge >= 0.3 is 0 Å². The van der Waals surface area contributed by atoms with Gasteiger partial charge in [-0.25, -0.2) is 0 Å². The lowest BCUT2D eigenvalue weighted by Crippen LogP contribution is -2.08. The van der Waals surface area contributed by atoms with Crippen molar-refractivity contribution < 1.29 is 5.11 Å². The summed E-state index contributed by atoms with van der Waals surface area (Å²) in [6.07, 6.45) is 5.74. The molecule has 0 saturated heterocycles. The van der Waals surface area contributed by atoms with Gasteiger partial charge in [0.15, 0.2) is 0 Å². The number of allylic oxidation sites excluding steroid dienone is 5. The third-order valence-corrected chi connectivity index (χ3v) is 2.86. The van der Waals surface area contributed by atoms with Crippen molar-refractivity contribution in [1.82, 2.24) is 0 Å². The van der Waals surface area contributed by atoms with Crippen molar-refractivity contribution in [3.05, 3.63) is 71.0 Å². The highest BCUT2D eigenvalue weighted by Gasteiger charge is 2.21. The van der Waals surface area contributed by atoms with Crippen LogP contribution in [0.2, 0.25) is 0 Å². The number of aliphatic hydroxyl groups is 1. The van der Waals surface area contributed by atoms with E-state index in [0.29, 0.717) is 5.76 Å². The topological polar surface area (TPSA) is 20.2 Å². The van der Waals surface area contributed by atoms with Crippen molar-refractivity contribution in [3.8, 4) is 0 Å². The van der Waals surface area contributed by atoms with Gasteiger partial charge in [0.25, 0.3) is 0 Å². The maximum atomic E-state index is 10.0. The molecule has 1 aromatic carbocycles. The van der Waals surface area contributed by atoms with Gasteiger partial charge in [0.1, 0.15) is 5.76 Å². The molecule has 1 atom stereocenters. The SMILES string of the molecule is CC(C)=C1C=CC=C(O)C1c1ccccc1. The van der Waals surface area contributed by atoms with Gasteiger partial charge < -0.3 is 5.11 Å². The van der Waals surface area contributed by atoms with Gasteiger partial charge in [0, 0.05) is 0 Å². The molecule has 2 rings (SSSR count). The summed E-state index contributed by atoms with van der Waals surface area (Å²) >= 11 is 0. The van der Waals surface area contributed by atoms with Gasteiger partial charge in [-0.05, 0) is 31.1 Å². The van der Waals surface area contributed by atoms with Crippen molar-refractivity contribution in [3.63, 3.8) is 0 Å². The molecule has 1 unspecified atom stereocenters. The molecule has 0 saturated carbocycles. The molecule has 1 heteroatoms. The van der Waals surface area contributed by atoms with E-state index >= 15 is 0 Å². The summed E-state index contributed by atoms with van der Waals surface area (Å²) < 4.78 is 0. The van der Waals surface area contributed by atoms with E-state index in [1.165, 1.54) is 11.1 Å². The zero-order chi connectivity index (χ0) is 11.5. The molecule has 1 aromatic rings. The van der Waals surface area contributed by atoms with Gasteiger partial charge in [-0.2, -0.15) is 0 Å². The van der Waals surface area contributed by atoms with E-state index in [9.17, 15) is 5.11 Å². The fraction of sp³-hybridized carbons (Fsp3) is 0.200. The summed E-state index contributed by atoms with van der Waals surface area (Å²) in [6.45, 7) is 4.16. The van der Waals surface area contributed by atoms with Crippen molar-refractivity contribution in [2.24, 2.45) is 0 Å². The van der Waals surface area contributed by atoms with Crippen LogP contribution in [0.25, 0.3) is 0 Å². The third kappa shape index (κ3) is 1.94. The molecule has 16 heavy (non-hydrogen) atoms. The predicted molar refractivity (Wildman–Crippen MR) is 67.4 cm³/mol. The maximum absolute atomic E-state index is 10.0. The van der Waals surface area contributed by atoms with Crippen LogP contribution in [-0.2, 0) is 0 Å². The molecule has 82 valence electrons. The molecule has 0 radical (unpaired) electrons. The average Bonchev–Trinajstić information content (AvgIpc) is 2.29. The molecule has 0 heterocycles. The van der Waals surface area contributed by atoms with Crippen LogP contribution in [0.1, 0.15) is 25.3 Å². The van der Waals surface area contributed by atoms with Crippen molar-refractivity contribution in [1.29, 1.82) is 0 Å². The van der Waals surface area contributed by atoms with Gasteiger partial charge in [-0.3, -0.25) is 0 Å². The predicted octanol–water partition coefficient (Wildman–Crippen LogP) is 4.12. The first-order chi connectivity index (χ1) is 7.70. The third-order valence-electron chi connectivity index (χ3n) is 2.86. The summed E-state index contributed by atoms with van der Waals surface area (Å²) in [5.74, 6) is 0.418. The van der Waals surface area contributed by atoms with Crippen molar-refractivity contribution in [2.45, 2.75) is 19.8 Å². The zero-order valence-corrected chi connectivity index (χ0v) is 9.64. The number of aliphatic hydroxyl groups excluding tert-OH is 1. The van der Waals surface area contributed by atoms with E-state index in [1.54, 1.807) is 6.08 Å². The molecule has 1 aliphatic rings. The first-order valence-corrected chi connectivity index (χ1v) is 5.49. The summed E-state index contributed by atoms with van der Waals surface area (Å²) in [5, 5.41) is 10.0. The lowest BCUT2D eigenvalue weighted by Gasteiger charge is -2.22. The fourth-order valence-corrected chi connectivity index (χ4v) is 2.05. The van der Waals surface area contributed by atoms with Crippen LogP contribution < -0.4 is 0 Å². The number of hydrogen-bond donors (Lipinski definition) is 1. The highest BCUT2D eigenvalue weighted by Crippen LogP contribution is 2.35. The molecule has 1 nitrogen and oxygen atoms in total. The van der Waals surface area contributed by atoms with E-state index in [4.69, 9.17) is 0 Å². The number of hydrogen-bond acceptors (Lipinski definition) is 1. The van der Waals surface area contributed by atoms with Gasteiger partial charge in [-0.15, -0.1) is 0 Å². The normalized spacial score (nSPS) is 19.5. The van der Waals surface area contributed by atoms with E-state index in [2.05, 4.69) is 32.1 Å². The second-order valence-electron chi connectivity index (χ2n) is 4.25. The van der Waals surface area contributed by atoms with Gasteiger partial charge in [0.05, 0.1) is 5.92 Å². The quantitative estimate of drug-likeness (QED) is 0.742. The maximum Gasteiger partial charge on any atom is 0.104 e.